The van der Waals surface area contributed by atoms with Gasteiger partial charge in [0.05, 0.1) is 10.4 Å². The predicted molar refractivity (Wildman–Crippen MR) is 65.2 cm³/mol. The summed E-state index contributed by atoms with van der Waals surface area (Å²) in [5, 5.41) is 3.27. The van der Waals surface area contributed by atoms with Crippen molar-refractivity contribution in [1.82, 2.24) is 4.68 Å². The Labute approximate surface area is 95.9 Å². The summed E-state index contributed by atoms with van der Waals surface area (Å²) in [6.45, 7) is 0. The molecule has 2 nitrogen and oxygen atoms in total. The molecule has 3 aromatic rings. The monoisotopic (exact) mass is 232 g/mol. The summed E-state index contributed by atoms with van der Waals surface area (Å²) in [5.41, 5.74) is 4.03. The number of halogens is 1. The number of rotatable bonds is 2. The molecule has 0 saturated carbocycles. The average molecular weight is 232 g/mol. The first-order chi connectivity index (χ1) is 7.81. The SMILES string of the molecule is Fc1ccc(Nn2cc3ccsc3c2)cc1. The molecule has 3 rings (SSSR count). The molecule has 0 radical (unpaired) electrons. The fourth-order valence-electron chi connectivity index (χ4n) is 1.59. The molecule has 2 heterocycles. The van der Waals surface area contributed by atoms with E-state index >= 15 is 0 Å². The van der Waals surface area contributed by atoms with Gasteiger partial charge in [0.2, 0.25) is 0 Å². The van der Waals surface area contributed by atoms with Gasteiger partial charge in [0, 0.05) is 17.8 Å². The smallest absolute Gasteiger partial charge is 0.123 e. The molecule has 4 heteroatoms. The lowest BCUT2D eigenvalue weighted by atomic mass is 10.3. The highest BCUT2D eigenvalue weighted by Gasteiger charge is 1.99. The summed E-state index contributed by atoms with van der Waals surface area (Å²) in [6.07, 6.45) is 4.03. The van der Waals surface area contributed by atoms with E-state index in [1.54, 1.807) is 23.5 Å². The maximum absolute atomic E-state index is 12.7. The molecule has 0 amide bonds. The minimum atomic E-state index is -0.223. The number of hydrogen-bond donors (Lipinski definition) is 1. The van der Waals surface area contributed by atoms with Crippen LogP contribution in [0.3, 0.4) is 0 Å². The minimum Gasteiger partial charge on any atom is -0.295 e. The molecule has 0 fully saturated rings. The quantitative estimate of drug-likeness (QED) is 0.712. The average Bonchev–Trinajstić information content (AvgIpc) is 2.81. The van der Waals surface area contributed by atoms with Crippen LogP contribution >= 0.6 is 11.3 Å². The van der Waals surface area contributed by atoms with Gasteiger partial charge in [-0.2, -0.15) is 0 Å². The van der Waals surface area contributed by atoms with E-state index in [4.69, 9.17) is 0 Å². The zero-order valence-corrected chi connectivity index (χ0v) is 9.17. The highest BCUT2D eigenvalue weighted by Crippen LogP contribution is 2.21. The lowest BCUT2D eigenvalue weighted by Crippen LogP contribution is -2.05. The van der Waals surface area contributed by atoms with Gasteiger partial charge in [-0.25, -0.2) is 4.39 Å². The van der Waals surface area contributed by atoms with Crippen molar-refractivity contribution < 1.29 is 4.39 Å². The van der Waals surface area contributed by atoms with Crippen molar-refractivity contribution in [3.63, 3.8) is 0 Å². The largest absolute Gasteiger partial charge is 0.295 e. The first-order valence-corrected chi connectivity index (χ1v) is 5.77. The maximum Gasteiger partial charge on any atom is 0.123 e. The van der Waals surface area contributed by atoms with Crippen molar-refractivity contribution in [3.05, 3.63) is 53.9 Å². The van der Waals surface area contributed by atoms with Gasteiger partial charge in [0.25, 0.3) is 0 Å². The maximum atomic E-state index is 12.7. The van der Waals surface area contributed by atoms with E-state index in [9.17, 15) is 4.39 Å². The van der Waals surface area contributed by atoms with Gasteiger partial charge in [-0.1, -0.05) is 0 Å². The molecule has 2 aromatic heterocycles. The van der Waals surface area contributed by atoms with Crippen molar-refractivity contribution in [3.8, 4) is 0 Å². The lowest BCUT2D eigenvalue weighted by molar-refractivity contribution is 0.628. The Bertz CT molecular complexity index is 581. The Morgan fingerprint density at radius 1 is 1.06 bits per heavy atom. The number of benzene rings is 1. The number of anilines is 1. The van der Waals surface area contributed by atoms with Crippen LogP contribution in [-0.4, -0.2) is 4.68 Å². The minimum absolute atomic E-state index is 0.223. The van der Waals surface area contributed by atoms with Gasteiger partial charge in [-0.05, 0) is 35.7 Å². The highest BCUT2D eigenvalue weighted by atomic mass is 32.1. The van der Waals surface area contributed by atoms with Crippen LogP contribution in [0.5, 0.6) is 0 Å². The fraction of sp³-hybridized carbons (Fsp3) is 0. The van der Waals surface area contributed by atoms with Crippen LogP contribution in [0.15, 0.2) is 48.1 Å². The van der Waals surface area contributed by atoms with Gasteiger partial charge in [0.1, 0.15) is 5.82 Å². The molecular weight excluding hydrogens is 223 g/mol. The van der Waals surface area contributed by atoms with Crippen LogP contribution in [0.2, 0.25) is 0 Å². The van der Waals surface area contributed by atoms with Crippen LogP contribution in [0.4, 0.5) is 10.1 Å². The molecule has 1 aromatic carbocycles. The molecule has 80 valence electrons. The second kappa shape index (κ2) is 3.64. The van der Waals surface area contributed by atoms with Gasteiger partial charge < -0.3 is 0 Å². The van der Waals surface area contributed by atoms with Gasteiger partial charge in [0.15, 0.2) is 0 Å². The highest BCUT2D eigenvalue weighted by molar-refractivity contribution is 7.17. The molecule has 0 spiro atoms. The summed E-state index contributed by atoms with van der Waals surface area (Å²) < 4.78 is 15.8. The molecular formula is C12H9FN2S. The third-order valence-electron chi connectivity index (χ3n) is 2.36. The number of nitrogens with zero attached hydrogens (tertiary/aromatic N) is 1. The van der Waals surface area contributed by atoms with E-state index in [1.807, 2.05) is 17.1 Å². The van der Waals surface area contributed by atoms with Crippen molar-refractivity contribution in [1.29, 1.82) is 0 Å². The van der Waals surface area contributed by atoms with E-state index in [0.29, 0.717) is 0 Å². The Balaban J connectivity index is 1.89. The van der Waals surface area contributed by atoms with Crippen molar-refractivity contribution in [2.24, 2.45) is 0 Å². The standard InChI is InChI=1S/C12H9FN2S/c13-10-1-3-11(4-2-10)14-15-7-9-5-6-16-12(9)8-15/h1-8,14H. The summed E-state index contributed by atoms with van der Waals surface area (Å²) in [4.78, 5) is 0. The van der Waals surface area contributed by atoms with E-state index < -0.39 is 0 Å². The number of aromatic nitrogens is 1. The van der Waals surface area contributed by atoms with Gasteiger partial charge in [-0.3, -0.25) is 10.1 Å². The summed E-state index contributed by atoms with van der Waals surface area (Å²) in [7, 11) is 0. The topological polar surface area (TPSA) is 17.0 Å². The summed E-state index contributed by atoms with van der Waals surface area (Å²) in [6, 6.07) is 8.37. The fourth-order valence-corrected chi connectivity index (χ4v) is 2.39. The second-order valence-corrected chi connectivity index (χ2v) is 4.47. The molecule has 0 unspecified atom stereocenters. The Kier molecular flexibility index (Phi) is 2.15. The van der Waals surface area contributed by atoms with Crippen molar-refractivity contribution in [2.45, 2.75) is 0 Å². The van der Waals surface area contributed by atoms with E-state index in [1.165, 1.54) is 22.2 Å². The predicted octanol–water partition coefficient (Wildman–Crippen LogP) is 3.72. The molecule has 0 saturated heterocycles. The van der Waals surface area contributed by atoms with Crippen LogP contribution in [0, 0.1) is 5.82 Å². The Hall–Kier alpha value is -1.81. The van der Waals surface area contributed by atoms with Crippen LogP contribution < -0.4 is 5.43 Å². The number of fused-ring (bicyclic) bond motifs is 1. The third-order valence-corrected chi connectivity index (χ3v) is 3.23. The van der Waals surface area contributed by atoms with Crippen LogP contribution in [0.1, 0.15) is 0 Å². The third kappa shape index (κ3) is 1.67. The zero-order chi connectivity index (χ0) is 11.0. The van der Waals surface area contributed by atoms with Crippen molar-refractivity contribution >= 4 is 27.1 Å². The molecule has 0 atom stereocenters. The molecule has 0 aliphatic heterocycles. The van der Waals surface area contributed by atoms with Gasteiger partial charge in [-0.15, -0.1) is 11.3 Å². The lowest BCUT2D eigenvalue weighted by Gasteiger charge is -2.06. The first kappa shape index (κ1) is 9.42. The summed E-state index contributed by atoms with van der Waals surface area (Å²) >= 11 is 1.70. The normalized spacial score (nSPS) is 10.8. The molecule has 0 aliphatic rings. The molecule has 1 N–H and O–H groups in total. The second-order valence-electron chi connectivity index (χ2n) is 3.52. The van der Waals surface area contributed by atoms with E-state index in [-0.39, 0.29) is 5.82 Å². The van der Waals surface area contributed by atoms with E-state index in [2.05, 4.69) is 16.9 Å². The number of thiophene rings is 1. The van der Waals surface area contributed by atoms with Crippen LogP contribution in [-0.2, 0) is 0 Å². The van der Waals surface area contributed by atoms with E-state index in [0.717, 1.165) is 5.69 Å². The Morgan fingerprint density at radius 2 is 1.88 bits per heavy atom. The molecule has 0 aliphatic carbocycles. The number of nitrogens with one attached hydrogen (secondary N) is 1. The van der Waals surface area contributed by atoms with Gasteiger partial charge >= 0.3 is 0 Å². The Morgan fingerprint density at radius 3 is 2.62 bits per heavy atom. The first-order valence-electron chi connectivity index (χ1n) is 4.89. The molecule has 16 heavy (non-hydrogen) atoms. The van der Waals surface area contributed by atoms with Crippen LogP contribution in [0.25, 0.3) is 10.1 Å². The number of hydrogen-bond acceptors (Lipinski definition) is 2. The summed E-state index contributed by atoms with van der Waals surface area (Å²) in [5.74, 6) is -0.223. The molecule has 0 bridgehead atoms. The zero-order valence-electron chi connectivity index (χ0n) is 8.35. The van der Waals surface area contributed by atoms with Crippen molar-refractivity contribution in [2.75, 3.05) is 5.43 Å².